The lowest BCUT2D eigenvalue weighted by Crippen LogP contribution is -2.28. The van der Waals surface area contributed by atoms with Gasteiger partial charge in [-0.2, -0.15) is 0 Å². The lowest BCUT2D eigenvalue weighted by Gasteiger charge is -2.20. The molecule has 0 amide bonds. The predicted molar refractivity (Wildman–Crippen MR) is 105 cm³/mol. The Labute approximate surface area is 151 Å². The Balaban J connectivity index is 1.37. The third kappa shape index (κ3) is 2.66. The molecule has 0 bridgehead atoms. The molecule has 4 heteroatoms. The van der Waals surface area contributed by atoms with Gasteiger partial charge in [0.15, 0.2) is 0 Å². The Hall–Kier alpha value is -2.49. The number of fused-ring (bicyclic) bond motifs is 2. The van der Waals surface area contributed by atoms with Crippen LogP contribution in [-0.2, 0) is 6.42 Å². The molecule has 124 valence electrons. The van der Waals surface area contributed by atoms with Gasteiger partial charge in [0.25, 0.3) is 0 Å². The third-order valence-electron chi connectivity index (χ3n) is 4.99. The summed E-state index contributed by atoms with van der Waals surface area (Å²) in [5, 5.41) is 9.12. The molecule has 0 unspecified atom stereocenters. The Morgan fingerprint density at radius 1 is 0.960 bits per heavy atom. The minimum Gasteiger partial charge on any atom is -0.357 e. The van der Waals surface area contributed by atoms with E-state index < -0.39 is 0 Å². The fourth-order valence-corrected chi connectivity index (χ4v) is 3.93. The number of hydrazine groups is 1. The SMILES string of the molecule is Clc1ccc2c(c1)NC1=C(C2)CN(Nc2cccc3ccccc23)C1. The van der Waals surface area contributed by atoms with Crippen molar-refractivity contribution in [3.8, 4) is 0 Å². The van der Waals surface area contributed by atoms with Crippen LogP contribution in [0.15, 0.2) is 71.9 Å². The van der Waals surface area contributed by atoms with E-state index in [2.05, 4.69) is 64.3 Å². The molecule has 2 N–H and O–H groups in total. The van der Waals surface area contributed by atoms with Crippen molar-refractivity contribution >= 4 is 33.7 Å². The van der Waals surface area contributed by atoms with Gasteiger partial charge in [0, 0.05) is 28.3 Å². The normalized spacial score (nSPS) is 16.5. The van der Waals surface area contributed by atoms with E-state index in [1.807, 2.05) is 12.1 Å². The fourth-order valence-electron chi connectivity index (χ4n) is 3.76. The Morgan fingerprint density at radius 3 is 2.80 bits per heavy atom. The molecule has 0 aromatic heterocycles. The quantitative estimate of drug-likeness (QED) is 0.678. The lowest BCUT2D eigenvalue weighted by atomic mass is 9.99. The van der Waals surface area contributed by atoms with Gasteiger partial charge in [-0.25, -0.2) is 5.01 Å². The number of hydrogen-bond acceptors (Lipinski definition) is 3. The Morgan fingerprint density at radius 2 is 1.84 bits per heavy atom. The van der Waals surface area contributed by atoms with Crippen LogP contribution in [0.25, 0.3) is 10.8 Å². The molecule has 0 aliphatic carbocycles. The van der Waals surface area contributed by atoms with E-state index in [-0.39, 0.29) is 0 Å². The van der Waals surface area contributed by atoms with Crippen LogP contribution in [0.5, 0.6) is 0 Å². The van der Waals surface area contributed by atoms with Crippen molar-refractivity contribution in [3.05, 3.63) is 82.5 Å². The van der Waals surface area contributed by atoms with Gasteiger partial charge in [-0.3, -0.25) is 0 Å². The van der Waals surface area contributed by atoms with Crippen LogP contribution in [0, 0.1) is 0 Å². The van der Waals surface area contributed by atoms with E-state index in [9.17, 15) is 0 Å². The van der Waals surface area contributed by atoms with E-state index in [1.54, 1.807) is 0 Å². The minimum atomic E-state index is 0.777. The Kier molecular flexibility index (Phi) is 3.44. The molecule has 0 saturated heterocycles. The van der Waals surface area contributed by atoms with E-state index in [0.29, 0.717) is 0 Å². The highest BCUT2D eigenvalue weighted by Gasteiger charge is 2.27. The molecular formula is C21H18ClN3. The first-order chi connectivity index (χ1) is 12.3. The van der Waals surface area contributed by atoms with Crippen LogP contribution >= 0.6 is 11.6 Å². The second-order valence-electron chi connectivity index (χ2n) is 6.68. The van der Waals surface area contributed by atoms with Crippen LogP contribution in [0.4, 0.5) is 11.4 Å². The molecule has 0 fully saturated rings. The molecule has 0 saturated carbocycles. The largest absolute Gasteiger partial charge is 0.357 e. The van der Waals surface area contributed by atoms with Crippen LogP contribution in [0.1, 0.15) is 5.56 Å². The fraction of sp³-hybridized carbons (Fsp3) is 0.143. The van der Waals surface area contributed by atoms with Crippen molar-refractivity contribution in [1.29, 1.82) is 0 Å². The summed E-state index contributed by atoms with van der Waals surface area (Å²) >= 11 is 6.13. The topological polar surface area (TPSA) is 27.3 Å². The number of benzene rings is 3. The summed E-state index contributed by atoms with van der Waals surface area (Å²) in [5.41, 5.74) is 9.95. The highest BCUT2D eigenvalue weighted by molar-refractivity contribution is 6.30. The smallest absolute Gasteiger partial charge is 0.0584 e. The van der Waals surface area contributed by atoms with E-state index >= 15 is 0 Å². The molecule has 2 aliphatic heterocycles. The summed E-state index contributed by atoms with van der Waals surface area (Å²) in [5.74, 6) is 0. The number of hydrogen-bond donors (Lipinski definition) is 2. The number of anilines is 2. The van der Waals surface area contributed by atoms with Crippen LogP contribution in [0.2, 0.25) is 5.02 Å². The van der Waals surface area contributed by atoms with Gasteiger partial charge in [-0.05, 0) is 41.1 Å². The van der Waals surface area contributed by atoms with E-state index in [1.165, 1.54) is 27.6 Å². The maximum atomic E-state index is 6.13. The molecule has 0 radical (unpaired) electrons. The van der Waals surface area contributed by atoms with Crippen molar-refractivity contribution in [2.24, 2.45) is 0 Å². The molecular weight excluding hydrogens is 330 g/mol. The zero-order valence-electron chi connectivity index (χ0n) is 13.7. The summed E-state index contributed by atoms with van der Waals surface area (Å²) in [4.78, 5) is 0. The van der Waals surface area contributed by atoms with E-state index in [0.717, 1.165) is 35.9 Å². The average Bonchev–Trinajstić information content (AvgIpc) is 3.01. The summed E-state index contributed by atoms with van der Waals surface area (Å²) < 4.78 is 0. The van der Waals surface area contributed by atoms with Gasteiger partial charge < -0.3 is 10.7 Å². The molecule has 2 heterocycles. The van der Waals surface area contributed by atoms with Gasteiger partial charge in [-0.15, -0.1) is 0 Å². The van der Waals surface area contributed by atoms with Gasteiger partial charge in [0.1, 0.15) is 0 Å². The van der Waals surface area contributed by atoms with Crippen molar-refractivity contribution < 1.29 is 0 Å². The minimum absolute atomic E-state index is 0.777. The van der Waals surface area contributed by atoms with Gasteiger partial charge in [0.2, 0.25) is 0 Å². The van der Waals surface area contributed by atoms with Crippen LogP contribution in [-0.4, -0.2) is 18.1 Å². The third-order valence-corrected chi connectivity index (χ3v) is 5.22. The monoisotopic (exact) mass is 347 g/mol. The second kappa shape index (κ2) is 5.80. The molecule has 2 aliphatic rings. The van der Waals surface area contributed by atoms with Gasteiger partial charge in [0.05, 0.1) is 12.2 Å². The first-order valence-corrected chi connectivity index (χ1v) is 8.90. The lowest BCUT2D eigenvalue weighted by molar-refractivity contribution is 0.417. The number of nitrogens with one attached hydrogen (secondary N) is 2. The van der Waals surface area contributed by atoms with Crippen molar-refractivity contribution in [1.82, 2.24) is 5.01 Å². The first-order valence-electron chi connectivity index (χ1n) is 8.52. The highest BCUT2D eigenvalue weighted by atomic mass is 35.5. The molecule has 0 spiro atoms. The molecule has 0 atom stereocenters. The molecule has 3 nitrogen and oxygen atoms in total. The summed E-state index contributed by atoms with van der Waals surface area (Å²) in [7, 11) is 0. The average molecular weight is 348 g/mol. The zero-order valence-corrected chi connectivity index (χ0v) is 14.5. The first kappa shape index (κ1) is 14.8. The summed E-state index contributed by atoms with van der Waals surface area (Å²) in [6, 6.07) is 21.0. The highest BCUT2D eigenvalue weighted by Crippen LogP contribution is 2.34. The molecule has 3 aromatic rings. The molecule has 25 heavy (non-hydrogen) atoms. The molecule has 3 aromatic carbocycles. The number of nitrogens with zero attached hydrogens (tertiary/aromatic N) is 1. The zero-order chi connectivity index (χ0) is 16.8. The Bertz CT molecular complexity index is 1000. The predicted octanol–water partition coefficient (Wildman–Crippen LogP) is 5.06. The molecule has 5 rings (SSSR count). The van der Waals surface area contributed by atoms with Gasteiger partial charge in [-0.1, -0.05) is 54.1 Å². The van der Waals surface area contributed by atoms with Crippen molar-refractivity contribution in [2.75, 3.05) is 23.8 Å². The summed E-state index contributed by atoms with van der Waals surface area (Å²) in [6.45, 7) is 1.79. The van der Waals surface area contributed by atoms with Crippen molar-refractivity contribution in [3.63, 3.8) is 0 Å². The number of halogens is 1. The standard InChI is InChI=1S/C21H18ClN3/c22-17-9-8-15-10-16-12-25(13-21(16)23-20(15)11-17)24-19-7-3-5-14-4-1-2-6-18(14)19/h1-9,11,23-24H,10,12-13H2. The maximum Gasteiger partial charge on any atom is 0.0584 e. The number of rotatable bonds is 2. The summed E-state index contributed by atoms with van der Waals surface area (Å²) in [6.07, 6.45) is 0.989. The maximum absolute atomic E-state index is 6.13. The van der Waals surface area contributed by atoms with E-state index in [4.69, 9.17) is 11.6 Å². The van der Waals surface area contributed by atoms with Crippen molar-refractivity contribution in [2.45, 2.75) is 6.42 Å². The second-order valence-corrected chi connectivity index (χ2v) is 7.12. The van der Waals surface area contributed by atoms with Gasteiger partial charge >= 0.3 is 0 Å². The van der Waals surface area contributed by atoms with Crippen LogP contribution in [0.3, 0.4) is 0 Å². The van der Waals surface area contributed by atoms with Crippen LogP contribution < -0.4 is 10.7 Å².